The van der Waals surface area contributed by atoms with Gasteiger partial charge in [0.2, 0.25) is 0 Å². The summed E-state index contributed by atoms with van der Waals surface area (Å²) in [4.78, 5) is 0. The van der Waals surface area contributed by atoms with Gasteiger partial charge in [-0.05, 0) is 48.9 Å². The number of nitrogens with zero attached hydrogens (tertiary/aromatic N) is 1. The van der Waals surface area contributed by atoms with Crippen molar-refractivity contribution in [2.24, 2.45) is 28.6 Å². The number of aromatic nitrogens is 1. The Morgan fingerprint density at radius 2 is 1.92 bits per heavy atom. The first kappa shape index (κ1) is 16.1. The largest absolute Gasteiger partial charge is 0.390 e. The third-order valence-corrected chi connectivity index (χ3v) is 8.30. The predicted molar refractivity (Wildman–Crippen MR) is 93.8 cm³/mol. The highest BCUT2D eigenvalue weighted by Gasteiger charge is 2.60. The number of aliphatic hydroxyl groups is 2. The molecule has 0 aliphatic heterocycles. The minimum Gasteiger partial charge on any atom is -0.390 e. The van der Waals surface area contributed by atoms with Crippen LogP contribution in [0.2, 0.25) is 0 Å². The monoisotopic (exact) mass is 343 g/mol. The van der Waals surface area contributed by atoms with E-state index in [1.165, 1.54) is 17.6 Å². The molecule has 1 saturated carbocycles. The van der Waals surface area contributed by atoms with E-state index < -0.39 is 12.2 Å². The number of rotatable bonds is 0. The zero-order valence-corrected chi connectivity index (χ0v) is 15.5. The van der Waals surface area contributed by atoms with Crippen LogP contribution < -0.4 is 0 Å². The summed E-state index contributed by atoms with van der Waals surface area (Å²) in [6.07, 6.45) is 6.70. The van der Waals surface area contributed by atoms with E-state index in [1.54, 1.807) is 5.57 Å². The molecule has 0 saturated heterocycles. The molecule has 1 fully saturated rings. The number of allylic oxidation sites excluding steroid dienone is 1. The summed E-state index contributed by atoms with van der Waals surface area (Å²) in [6.45, 7) is 7.03. The number of aliphatic hydroxyl groups excluding tert-OH is 2. The molecule has 1 aromatic heterocycles. The molecule has 5 rings (SSSR count). The second-order valence-electron chi connectivity index (χ2n) is 9.81. The molecule has 0 aromatic carbocycles. The zero-order valence-electron chi connectivity index (χ0n) is 15.5. The molecule has 2 N–H and O–H groups in total. The fraction of sp³-hybridized carbons (Fsp3) is 0.762. The van der Waals surface area contributed by atoms with Crippen LogP contribution in [0.4, 0.5) is 0 Å². The summed E-state index contributed by atoms with van der Waals surface area (Å²) in [7, 11) is 0. The Balaban J connectivity index is 1.61. The van der Waals surface area contributed by atoms with Crippen molar-refractivity contribution in [3.8, 4) is 0 Å². The summed E-state index contributed by atoms with van der Waals surface area (Å²) in [5, 5.41) is 26.2. The fourth-order valence-corrected chi connectivity index (χ4v) is 6.90. The first-order valence-corrected chi connectivity index (χ1v) is 9.84. The molecular formula is C21H29NO3. The van der Waals surface area contributed by atoms with Crippen molar-refractivity contribution in [1.82, 2.24) is 5.16 Å². The van der Waals surface area contributed by atoms with Gasteiger partial charge in [-0.15, -0.1) is 0 Å². The van der Waals surface area contributed by atoms with E-state index in [9.17, 15) is 10.2 Å². The molecule has 0 spiro atoms. The van der Waals surface area contributed by atoms with Crippen molar-refractivity contribution in [3.05, 3.63) is 28.7 Å². The van der Waals surface area contributed by atoms with Gasteiger partial charge in [-0.25, -0.2) is 0 Å². The van der Waals surface area contributed by atoms with Crippen molar-refractivity contribution in [1.29, 1.82) is 0 Å². The third-order valence-electron chi connectivity index (χ3n) is 8.30. The van der Waals surface area contributed by atoms with Crippen LogP contribution in [0.1, 0.15) is 57.8 Å². The molecule has 4 heteroatoms. The molecule has 1 heterocycles. The molecule has 4 aliphatic rings. The fourth-order valence-electron chi connectivity index (χ4n) is 6.90. The van der Waals surface area contributed by atoms with Crippen molar-refractivity contribution in [2.45, 2.75) is 71.5 Å². The van der Waals surface area contributed by atoms with Gasteiger partial charge in [-0.3, -0.25) is 0 Å². The van der Waals surface area contributed by atoms with Gasteiger partial charge in [0.25, 0.3) is 0 Å². The van der Waals surface area contributed by atoms with E-state index in [0.717, 1.165) is 31.4 Å². The Morgan fingerprint density at radius 3 is 2.72 bits per heavy atom. The van der Waals surface area contributed by atoms with Crippen LogP contribution in [-0.4, -0.2) is 27.6 Å². The molecule has 4 nitrogen and oxygen atoms in total. The highest BCUT2D eigenvalue weighted by molar-refractivity contribution is 5.36. The molecule has 0 unspecified atom stereocenters. The molecule has 1 aromatic rings. The molecule has 0 radical (unpaired) electrons. The van der Waals surface area contributed by atoms with Crippen LogP contribution in [-0.2, 0) is 12.8 Å². The minimum atomic E-state index is -0.680. The van der Waals surface area contributed by atoms with E-state index in [4.69, 9.17) is 4.52 Å². The number of hydrogen-bond acceptors (Lipinski definition) is 4. The number of hydrogen-bond donors (Lipinski definition) is 2. The molecule has 0 amide bonds. The number of fused-ring (bicyclic) bond motifs is 5. The van der Waals surface area contributed by atoms with Crippen molar-refractivity contribution < 1.29 is 14.7 Å². The first-order chi connectivity index (χ1) is 11.8. The summed E-state index contributed by atoms with van der Waals surface area (Å²) in [6, 6.07) is 0. The van der Waals surface area contributed by atoms with Crippen molar-refractivity contribution >= 4 is 0 Å². The highest BCUT2D eigenvalue weighted by atomic mass is 16.5. The third kappa shape index (κ3) is 1.98. The van der Waals surface area contributed by atoms with Crippen LogP contribution in [0.3, 0.4) is 0 Å². The lowest BCUT2D eigenvalue weighted by Gasteiger charge is -2.58. The molecule has 4 aliphatic carbocycles. The topological polar surface area (TPSA) is 66.5 Å². The lowest BCUT2D eigenvalue weighted by Crippen LogP contribution is -2.61. The van der Waals surface area contributed by atoms with Gasteiger partial charge in [0.05, 0.1) is 18.4 Å². The van der Waals surface area contributed by atoms with E-state index >= 15 is 0 Å². The maximum atomic E-state index is 11.1. The van der Waals surface area contributed by atoms with Gasteiger partial charge in [-0.2, -0.15) is 0 Å². The van der Waals surface area contributed by atoms with Crippen LogP contribution in [0.5, 0.6) is 0 Å². The van der Waals surface area contributed by atoms with E-state index in [-0.39, 0.29) is 22.7 Å². The van der Waals surface area contributed by atoms with Gasteiger partial charge < -0.3 is 14.7 Å². The van der Waals surface area contributed by atoms with Crippen LogP contribution >= 0.6 is 0 Å². The Bertz CT molecular complexity index is 748. The Hall–Kier alpha value is -1.13. The molecule has 136 valence electrons. The smallest absolute Gasteiger partial charge is 0.140 e. The second kappa shape index (κ2) is 4.98. The zero-order chi connectivity index (χ0) is 17.6. The lowest BCUT2D eigenvalue weighted by atomic mass is 9.47. The van der Waals surface area contributed by atoms with Crippen LogP contribution in [0, 0.1) is 28.6 Å². The summed E-state index contributed by atoms with van der Waals surface area (Å²) >= 11 is 0. The van der Waals surface area contributed by atoms with Crippen LogP contribution in [0.15, 0.2) is 21.9 Å². The van der Waals surface area contributed by atoms with Gasteiger partial charge in [0.15, 0.2) is 0 Å². The predicted octanol–water partition coefficient (Wildman–Crippen LogP) is 3.27. The van der Waals surface area contributed by atoms with Crippen molar-refractivity contribution in [2.75, 3.05) is 0 Å². The van der Waals surface area contributed by atoms with E-state index in [0.29, 0.717) is 12.3 Å². The Morgan fingerprint density at radius 1 is 1.12 bits per heavy atom. The molecule has 6 atom stereocenters. The van der Waals surface area contributed by atoms with Crippen LogP contribution in [0.25, 0.3) is 0 Å². The van der Waals surface area contributed by atoms with Gasteiger partial charge in [-0.1, -0.05) is 37.1 Å². The van der Waals surface area contributed by atoms with Gasteiger partial charge in [0.1, 0.15) is 5.76 Å². The second-order valence-corrected chi connectivity index (χ2v) is 9.81. The minimum absolute atomic E-state index is 0.00707. The maximum absolute atomic E-state index is 11.1. The average molecular weight is 343 g/mol. The highest BCUT2D eigenvalue weighted by Crippen LogP contribution is 2.62. The molecular weight excluding hydrogens is 314 g/mol. The van der Waals surface area contributed by atoms with E-state index in [2.05, 4.69) is 25.9 Å². The SMILES string of the molecule is CC1(C)CCC2=C1CC[C@H]1[C@H]2[C@@H](O)[C@H](O)[C@H]2Cc3oncc3C[C@@]21C. The van der Waals surface area contributed by atoms with Gasteiger partial charge in [0, 0.05) is 23.8 Å². The summed E-state index contributed by atoms with van der Waals surface area (Å²) in [5.74, 6) is 1.53. The summed E-state index contributed by atoms with van der Waals surface area (Å²) in [5.41, 5.74) is 4.52. The molecule has 25 heavy (non-hydrogen) atoms. The maximum Gasteiger partial charge on any atom is 0.140 e. The van der Waals surface area contributed by atoms with Crippen molar-refractivity contribution in [3.63, 3.8) is 0 Å². The van der Waals surface area contributed by atoms with E-state index in [1.807, 2.05) is 6.20 Å². The summed E-state index contributed by atoms with van der Waals surface area (Å²) < 4.78 is 5.41. The average Bonchev–Trinajstić information content (AvgIpc) is 3.14. The first-order valence-electron chi connectivity index (χ1n) is 9.84. The normalized spacial score (nSPS) is 44.8. The van der Waals surface area contributed by atoms with Gasteiger partial charge >= 0.3 is 0 Å². The Kier molecular flexibility index (Phi) is 3.20. The molecule has 0 bridgehead atoms. The lowest BCUT2D eigenvalue weighted by molar-refractivity contribution is -0.162. The Labute approximate surface area is 149 Å². The quantitative estimate of drug-likeness (QED) is 0.710. The standard InChI is InChI=1S/C21H29NO3/c1-20(2)7-6-12-13(20)4-5-14-17(12)19(24)18(23)15-8-16-11(10-22-25-16)9-21(14,15)3/h10,14-15,17-19,23-24H,4-9H2,1-3H3/t14-,15+,17-,18+,19+,21+/m0/s1.